The van der Waals surface area contributed by atoms with Crippen LogP contribution in [-0.2, 0) is 9.84 Å². The van der Waals surface area contributed by atoms with E-state index in [4.69, 9.17) is 0 Å². The molecule has 0 saturated carbocycles. The van der Waals surface area contributed by atoms with Crippen molar-refractivity contribution in [2.75, 3.05) is 6.26 Å². The molecular formula is C20H19NO2S. The number of pyridine rings is 1. The van der Waals surface area contributed by atoms with Gasteiger partial charge in [-0.2, -0.15) is 0 Å². The Bertz CT molecular complexity index is 973. The molecule has 0 saturated heterocycles. The van der Waals surface area contributed by atoms with E-state index in [0.29, 0.717) is 4.90 Å². The van der Waals surface area contributed by atoms with Crippen LogP contribution in [0.15, 0.2) is 65.7 Å². The summed E-state index contributed by atoms with van der Waals surface area (Å²) < 4.78 is 23.3. The fourth-order valence-electron chi connectivity index (χ4n) is 2.61. The smallest absolute Gasteiger partial charge is 0.175 e. The second kappa shape index (κ2) is 6.21. The van der Waals surface area contributed by atoms with Crippen LogP contribution in [0.1, 0.15) is 11.1 Å². The lowest BCUT2D eigenvalue weighted by Gasteiger charge is -2.11. The summed E-state index contributed by atoms with van der Waals surface area (Å²) in [5, 5.41) is 0. The first-order valence-corrected chi connectivity index (χ1v) is 9.58. The molecule has 24 heavy (non-hydrogen) atoms. The van der Waals surface area contributed by atoms with Crippen molar-refractivity contribution in [3.63, 3.8) is 0 Å². The molecule has 2 aromatic carbocycles. The third kappa shape index (κ3) is 3.39. The van der Waals surface area contributed by atoms with Crippen LogP contribution in [0.25, 0.3) is 22.4 Å². The molecule has 0 radical (unpaired) electrons. The van der Waals surface area contributed by atoms with Gasteiger partial charge < -0.3 is 0 Å². The van der Waals surface area contributed by atoms with E-state index in [2.05, 4.69) is 42.2 Å². The van der Waals surface area contributed by atoms with Crippen molar-refractivity contribution in [2.45, 2.75) is 18.7 Å². The highest BCUT2D eigenvalue weighted by Crippen LogP contribution is 2.31. The molecule has 1 heterocycles. The normalized spacial score (nSPS) is 11.5. The Balaban J connectivity index is 2.13. The van der Waals surface area contributed by atoms with E-state index in [-0.39, 0.29) is 0 Å². The monoisotopic (exact) mass is 337 g/mol. The molecule has 1 aromatic heterocycles. The molecule has 0 aliphatic carbocycles. The summed E-state index contributed by atoms with van der Waals surface area (Å²) in [4.78, 5) is 4.93. The Morgan fingerprint density at radius 1 is 0.792 bits per heavy atom. The number of aryl methyl sites for hydroxylation is 2. The van der Waals surface area contributed by atoms with Gasteiger partial charge in [-0.3, -0.25) is 4.98 Å². The largest absolute Gasteiger partial charge is 0.255 e. The van der Waals surface area contributed by atoms with Gasteiger partial charge in [-0.15, -0.1) is 0 Å². The molecule has 4 heteroatoms. The Labute approximate surface area is 142 Å². The molecule has 0 atom stereocenters. The van der Waals surface area contributed by atoms with Gasteiger partial charge in [0.25, 0.3) is 0 Å². The highest BCUT2D eigenvalue weighted by atomic mass is 32.2. The number of hydrogen-bond acceptors (Lipinski definition) is 3. The van der Waals surface area contributed by atoms with Gasteiger partial charge in [0.1, 0.15) is 0 Å². The molecule has 122 valence electrons. The summed E-state index contributed by atoms with van der Waals surface area (Å²) >= 11 is 0. The summed E-state index contributed by atoms with van der Waals surface area (Å²) in [5.74, 6) is 0. The van der Waals surface area contributed by atoms with Gasteiger partial charge in [0, 0.05) is 23.6 Å². The van der Waals surface area contributed by atoms with E-state index in [1.807, 2.05) is 25.3 Å². The first-order chi connectivity index (χ1) is 11.3. The third-order valence-corrected chi connectivity index (χ3v) is 5.07. The summed E-state index contributed by atoms with van der Waals surface area (Å²) in [6.07, 6.45) is 3.07. The molecule has 0 aliphatic rings. The van der Waals surface area contributed by atoms with E-state index in [1.54, 1.807) is 12.1 Å². The quantitative estimate of drug-likeness (QED) is 0.710. The van der Waals surface area contributed by atoms with E-state index < -0.39 is 9.84 Å². The lowest BCUT2D eigenvalue weighted by atomic mass is 9.98. The minimum Gasteiger partial charge on any atom is -0.255 e. The Hall–Kier alpha value is -2.46. The van der Waals surface area contributed by atoms with Gasteiger partial charge in [0.05, 0.1) is 10.6 Å². The maximum Gasteiger partial charge on any atom is 0.175 e. The summed E-state index contributed by atoms with van der Waals surface area (Å²) in [6, 6.07) is 17.3. The van der Waals surface area contributed by atoms with Crippen LogP contribution in [0.5, 0.6) is 0 Å². The summed E-state index contributed by atoms with van der Waals surface area (Å²) in [6.45, 7) is 4.05. The van der Waals surface area contributed by atoms with Crippen LogP contribution >= 0.6 is 0 Å². The average molecular weight is 337 g/mol. The van der Waals surface area contributed by atoms with Gasteiger partial charge in [0.2, 0.25) is 0 Å². The molecule has 0 spiro atoms. The SMILES string of the molecule is Cc1ccc(-c2ncc(C)cc2-c2ccc(S(C)(=O)=O)cc2)cc1. The highest BCUT2D eigenvalue weighted by molar-refractivity contribution is 7.90. The van der Waals surface area contributed by atoms with Crippen molar-refractivity contribution in [1.82, 2.24) is 4.98 Å². The van der Waals surface area contributed by atoms with Gasteiger partial charge >= 0.3 is 0 Å². The van der Waals surface area contributed by atoms with Crippen molar-refractivity contribution in [3.05, 3.63) is 71.9 Å². The number of nitrogens with zero attached hydrogens (tertiary/aromatic N) is 1. The van der Waals surface area contributed by atoms with Crippen LogP contribution in [0.2, 0.25) is 0 Å². The van der Waals surface area contributed by atoms with Gasteiger partial charge in [-0.05, 0) is 43.2 Å². The number of sulfone groups is 1. The molecular weight excluding hydrogens is 318 g/mol. The van der Waals surface area contributed by atoms with Crippen LogP contribution < -0.4 is 0 Å². The van der Waals surface area contributed by atoms with Gasteiger partial charge in [-0.1, -0.05) is 42.0 Å². The first-order valence-electron chi connectivity index (χ1n) is 7.69. The van der Waals surface area contributed by atoms with E-state index in [0.717, 1.165) is 27.9 Å². The molecule has 0 unspecified atom stereocenters. The van der Waals surface area contributed by atoms with Crippen LogP contribution in [0.4, 0.5) is 0 Å². The van der Waals surface area contributed by atoms with E-state index in [1.165, 1.54) is 11.8 Å². The molecule has 3 nitrogen and oxygen atoms in total. The maximum absolute atomic E-state index is 11.6. The number of aromatic nitrogens is 1. The molecule has 3 aromatic rings. The Morgan fingerprint density at radius 2 is 1.38 bits per heavy atom. The van der Waals surface area contributed by atoms with E-state index >= 15 is 0 Å². The second-order valence-electron chi connectivity index (χ2n) is 6.07. The molecule has 0 N–H and O–H groups in total. The van der Waals surface area contributed by atoms with Crippen molar-refractivity contribution in [1.29, 1.82) is 0 Å². The summed E-state index contributed by atoms with van der Waals surface area (Å²) in [5.41, 5.74) is 6.15. The zero-order chi connectivity index (χ0) is 17.3. The van der Waals surface area contributed by atoms with Crippen molar-refractivity contribution < 1.29 is 8.42 Å². The predicted molar refractivity (Wildman–Crippen MR) is 97.7 cm³/mol. The zero-order valence-electron chi connectivity index (χ0n) is 13.9. The molecule has 0 amide bonds. The molecule has 0 fully saturated rings. The second-order valence-corrected chi connectivity index (χ2v) is 8.09. The van der Waals surface area contributed by atoms with Crippen LogP contribution in [-0.4, -0.2) is 19.7 Å². The Morgan fingerprint density at radius 3 is 1.96 bits per heavy atom. The predicted octanol–water partition coefficient (Wildman–Crippen LogP) is 4.44. The minimum atomic E-state index is -3.19. The molecule has 0 aliphatic heterocycles. The number of hydrogen-bond donors (Lipinski definition) is 0. The first kappa shape index (κ1) is 16.4. The Kier molecular flexibility index (Phi) is 4.24. The van der Waals surface area contributed by atoms with Gasteiger partial charge in [0.15, 0.2) is 9.84 Å². The zero-order valence-corrected chi connectivity index (χ0v) is 14.8. The topological polar surface area (TPSA) is 47.0 Å². The molecule has 3 rings (SSSR count). The maximum atomic E-state index is 11.6. The van der Waals surface area contributed by atoms with Crippen molar-refractivity contribution in [2.24, 2.45) is 0 Å². The highest BCUT2D eigenvalue weighted by Gasteiger charge is 2.12. The number of benzene rings is 2. The fraction of sp³-hybridized carbons (Fsp3) is 0.150. The fourth-order valence-corrected chi connectivity index (χ4v) is 3.24. The standard InChI is InChI=1S/C20H19NO2S/c1-14-4-6-17(7-5-14)20-19(12-15(2)13-21-20)16-8-10-18(11-9-16)24(3,22)23/h4-13H,1-3H3. The summed E-state index contributed by atoms with van der Waals surface area (Å²) in [7, 11) is -3.19. The van der Waals surface area contributed by atoms with Crippen LogP contribution in [0.3, 0.4) is 0 Å². The van der Waals surface area contributed by atoms with Crippen molar-refractivity contribution in [3.8, 4) is 22.4 Å². The van der Waals surface area contributed by atoms with Crippen molar-refractivity contribution >= 4 is 9.84 Å². The van der Waals surface area contributed by atoms with Crippen LogP contribution in [0, 0.1) is 13.8 Å². The van der Waals surface area contributed by atoms with Gasteiger partial charge in [-0.25, -0.2) is 8.42 Å². The average Bonchev–Trinajstić information content (AvgIpc) is 2.55. The molecule has 0 bridgehead atoms. The lowest BCUT2D eigenvalue weighted by Crippen LogP contribution is -1.97. The lowest BCUT2D eigenvalue weighted by molar-refractivity contribution is 0.602. The number of rotatable bonds is 3. The minimum absolute atomic E-state index is 0.323. The van der Waals surface area contributed by atoms with E-state index in [9.17, 15) is 8.42 Å². The third-order valence-electron chi connectivity index (χ3n) is 3.94.